The van der Waals surface area contributed by atoms with E-state index in [0.29, 0.717) is 0 Å². The van der Waals surface area contributed by atoms with Crippen molar-refractivity contribution >= 4 is 5.69 Å². The van der Waals surface area contributed by atoms with Gasteiger partial charge in [0.25, 0.3) is 0 Å². The lowest BCUT2D eigenvalue weighted by atomic mass is 9.94. The quantitative estimate of drug-likeness (QED) is 0.781. The highest BCUT2D eigenvalue weighted by atomic mass is 19.1. The van der Waals surface area contributed by atoms with Crippen LogP contribution in [0.1, 0.15) is 17.7 Å². The van der Waals surface area contributed by atoms with Gasteiger partial charge in [0.15, 0.2) is 11.6 Å². The van der Waals surface area contributed by atoms with Gasteiger partial charge in [-0.15, -0.1) is 0 Å². The average molecular weight is 315 g/mol. The maximum atomic E-state index is 13.8. The number of H-pyrrole nitrogens is 1. The molecular weight excluding hydrogens is 300 g/mol. The van der Waals surface area contributed by atoms with Crippen LogP contribution >= 0.6 is 0 Å². The molecule has 0 saturated heterocycles. The summed E-state index contributed by atoms with van der Waals surface area (Å²) in [5.74, 6) is -1.28. The molecule has 0 fully saturated rings. The standard InChI is InChI=1S/C16H15F2N5/c17-13-2-1-3-14(18)16(13)23-9-12(8-20-23)21-11-5-4-10-7-19-22-15(10)6-11/h1-3,7-9,11,21H,4-6H2,(H,19,22). The average Bonchev–Trinajstić information content (AvgIpc) is 3.16. The fraction of sp³-hybridized carbons (Fsp3) is 0.250. The first kappa shape index (κ1) is 13.9. The van der Waals surface area contributed by atoms with Gasteiger partial charge in [0.2, 0.25) is 0 Å². The van der Waals surface area contributed by atoms with Gasteiger partial charge in [-0.1, -0.05) is 6.07 Å². The van der Waals surface area contributed by atoms with Gasteiger partial charge in [0.05, 0.1) is 24.3 Å². The lowest BCUT2D eigenvalue weighted by molar-refractivity contribution is 0.560. The van der Waals surface area contributed by atoms with Gasteiger partial charge in [-0.25, -0.2) is 13.5 Å². The predicted octanol–water partition coefficient (Wildman–Crippen LogP) is 2.84. The zero-order chi connectivity index (χ0) is 15.8. The van der Waals surface area contributed by atoms with Crippen LogP contribution in [0.4, 0.5) is 14.5 Å². The summed E-state index contributed by atoms with van der Waals surface area (Å²) in [6, 6.07) is 4.01. The Morgan fingerprint density at radius 3 is 2.87 bits per heavy atom. The highest BCUT2D eigenvalue weighted by Crippen LogP contribution is 2.23. The second kappa shape index (κ2) is 5.49. The first-order chi connectivity index (χ1) is 11.2. The minimum absolute atomic E-state index is 0.167. The zero-order valence-electron chi connectivity index (χ0n) is 12.3. The van der Waals surface area contributed by atoms with Crippen molar-refractivity contribution < 1.29 is 8.78 Å². The molecule has 0 radical (unpaired) electrons. The van der Waals surface area contributed by atoms with Gasteiger partial charge in [-0.3, -0.25) is 5.10 Å². The van der Waals surface area contributed by atoms with E-state index in [1.165, 1.54) is 28.4 Å². The normalized spacial score (nSPS) is 17.0. The van der Waals surface area contributed by atoms with E-state index in [4.69, 9.17) is 0 Å². The first-order valence-electron chi connectivity index (χ1n) is 7.47. The number of anilines is 1. The molecule has 1 aromatic carbocycles. The zero-order valence-corrected chi connectivity index (χ0v) is 12.3. The molecule has 1 unspecified atom stereocenters. The van der Waals surface area contributed by atoms with E-state index in [1.807, 2.05) is 6.20 Å². The maximum Gasteiger partial charge on any atom is 0.151 e. The maximum absolute atomic E-state index is 13.8. The van der Waals surface area contributed by atoms with Crippen molar-refractivity contribution in [1.29, 1.82) is 0 Å². The van der Waals surface area contributed by atoms with Crippen molar-refractivity contribution in [3.8, 4) is 5.69 Å². The van der Waals surface area contributed by atoms with E-state index in [2.05, 4.69) is 20.6 Å². The summed E-state index contributed by atoms with van der Waals surface area (Å²) in [5, 5.41) is 14.5. The molecule has 118 valence electrons. The van der Waals surface area contributed by atoms with Crippen LogP contribution in [0.3, 0.4) is 0 Å². The monoisotopic (exact) mass is 315 g/mol. The Morgan fingerprint density at radius 1 is 1.22 bits per heavy atom. The highest BCUT2D eigenvalue weighted by Gasteiger charge is 2.20. The Bertz CT molecular complexity index is 818. The number of nitrogens with zero attached hydrogens (tertiary/aromatic N) is 3. The summed E-state index contributed by atoms with van der Waals surface area (Å²) in [6.07, 6.45) is 7.82. The number of nitrogens with one attached hydrogen (secondary N) is 2. The number of aromatic amines is 1. The van der Waals surface area contributed by atoms with E-state index in [-0.39, 0.29) is 11.7 Å². The summed E-state index contributed by atoms with van der Waals surface area (Å²) < 4.78 is 28.8. The predicted molar refractivity (Wildman–Crippen MR) is 81.5 cm³/mol. The third kappa shape index (κ3) is 2.58. The van der Waals surface area contributed by atoms with Crippen molar-refractivity contribution in [2.75, 3.05) is 5.32 Å². The molecule has 7 heteroatoms. The van der Waals surface area contributed by atoms with Crippen molar-refractivity contribution in [2.45, 2.75) is 25.3 Å². The number of fused-ring (bicyclic) bond motifs is 1. The van der Waals surface area contributed by atoms with Crippen LogP contribution < -0.4 is 5.32 Å². The van der Waals surface area contributed by atoms with E-state index in [0.717, 1.165) is 30.6 Å². The Labute approximate surface area is 131 Å². The topological polar surface area (TPSA) is 58.5 Å². The molecule has 1 aliphatic rings. The van der Waals surface area contributed by atoms with Gasteiger partial charge in [0, 0.05) is 18.2 Å². The number of para-hydroxylation sites is 1. The molecule has 2 heterocycles. The first-order valence-corrected chi connectivity index (χ1v) is 7.47. The number of benzene rings is 1. The highest BCUT2D eigenvalue weighted by molar-refractivity contribution is 5.44. The Balaban J connectivity index is 1.53. The smallest absolute Gasteiger partial charge is 0.151 e. The van der Waals surface area contributed by atoms with Gasteiger partial charge < -0.3 is 5.32 Å². The fourth-order valence-electron chi connectivity index (χ4n) is 2.99. The molecule has 4 rings (SSSR count). The molecular formula is C16H15F2N5. The van der Waals surface area contributed by atoms with Crippen LogP contribution in [0.25, 0.3) is 5.69 Å². The fourth-order valence-corrected chi connectivity index (χ4v) is 2.99. The summed E-state index contributed by atoms with van der Waals surface area (Å²) in [6.45, 7) is 0. The van der Waals surface area contributed by atoms with Crippen molar-refractivity contribution in [2.24, 2.45) is 0 Å². The Kier molecular flexibility index (Phi) is 3.33. The molecule has 2 aromatic heterocycles. The van der Waals surface area contributed by atoms with E-state index in [9.17, 15) is 8.78 Å². The number of hydrogen-bond acceptors (Lipinski definition) is 3. The summed E-state index contributed by atoms with van der Waals surface area (Å²) >= 11 is 0. The van der Waals surface area contributed by atoms with Crippen LogP contribution in [0.2, 0.25) is 0 Å². The van der Waals surface area contributed by atoms with Crippen LogP contribution in [-0.4, -0.2) is 26.0 Å². The Morgan fingerprint density at radius 2 is 2.04 bits per heavy atom. The molecule has 0 spiro atoms. The van der Waals surface area contributed by atoms with Crippen molar-refractivity contribution in [1.82, 2.24) is 20.0 Å². The molecule has 23 heavy (non-hydrogen) atoms. The minimum Gasteiger partial charge on any atom is -0.379 e. The molecule has 3 aromatic rings. The molecule has 0 saturated carbocycles. The summed E-state index contributed by atoms with van der Waals surface area (Å²) in [4.78, 5) is 0. The number of halogens is 2. The van der Waals surface area contributed by atoms with E-state index < -0.39 is 11.6 Å². The third-order valence-corrected chi connectivity index (χ3v) is 4.14. The van der Waals surface area contributed by atoms with Gasteiger partial charge in [-0.05, 0) is 30.5 Å². The van der Waals surface area contributed by atoms with Crippen LogP contribution in [-0.2, 0) is 12.8 Å². The molecule has 2 N–H and O–H groups in total. The number of aryl methyl sites for hydroxylation is 1. The summed E-state index contributed by atoms with van der Waals surface area (Å²) in [5.41, 5.74) is 2.97. The SMILES string of the molecule is Fc1cccc(F)c1-n1cc(NC2CCc3cn[nH]c3C2)cn1. The molecule has 0 amide bonds. The van der Waals surface area contributed by atoms with Gasteiger partial charge >= 0.3 is 0 Å². The van der Waals surface area contributed by atoms with Crippen LogP contribution in [0.15, 0.2) is 36.8 Å². The van der Waals surface area contributed by atoms with Gasteiger partial charge in [0.1, 0.15) is 5.69 Å². The van der Waals surface area contributed by atoms with Crippen LogP contribution in [0, 0.1) is 11.6 Å². The van der Waals surface area contributed by atoms with Gasteiger partial charge in [-0.2, -0.15) is 10.2 Å². The number of aromatic nitrogens is 4. The molecule has 1 atom stereocenters. The number of hydrogen-bond donors (Lipinski definition) is 2. The van der Waals surface area contributed by atoms with Crippen molar-refractivity contribution in [3.05, 3.63) is 59.7 Å². The minimum atomic E-state index is -0.639. The molecule has 0 bridgehead atoms. The Hall–Kier alpha value is -2.70. The lowest BCUT2D eigenvalue weighted by Gasteiger charge is -2.22. The largest absolute Gasteiger partial charge is 0.379 e. The lowest BCUT2D eigenvalue weighted by Crippen LogP contribution is -2.26. The second-order valence-corrected chi connectivity index (χ2v) is 5.70. The second-order valence-electron chi connectivity index (χ2n) is 5.70. The molecule has 0 aliphatic heterocycles. The molecule has 1 aliphatic carbocycles. The van der Waals surface area contributed by atoms with Crippen molar-refractivity contribution in [3.63, 3.8) is 0 Å². The van der Waals surface area contributed by atoms with E-state index in [1.54, 1.807) is 12.4 Å². The third-order valence-electron chi connectivity index (χ3n) is 4.14. The van der Waals surface area contributed by atoms with Crippen LogP contribution in [0.5, 0.6) is 0 Å². The van der Waals surface area contributed by atoms with E-state index >= 15 is 0 Å². The summed E-state index contributed by atoms with van der Waals surface area (Å²) in [7, 11) is 0. The molecule has 5 nitrogen and oxygen atoms in total. The number of rotatable bonds is 3.